The van der Waals surface area contributed by atoms with Crippen LogP contribution in [0.5, 0.6) is 0 Å². The van der Waals surface area contributed by atoms with Crippen molar-refractivity contribution in [3.05, 3.63) is 45.8 Å². The summed E-state index contributed by atoms with van der Waals surface area (Å²) < 4.78 is 0. The SMILES string of the molecule is Cc1cc(NC(=O)C(C)(C)C)sc1C(=O)N1CCN(c2ccccc2Cl)CC1. The van der Waals surface area contributed by atoms with Crippen molar-refractivity contribution >= 4 is 45.4 Å². The van der Waals surface area contributed by atoms with Gasteiger partial charge in [0.15, 0.2) is 0 Å². The van der Waals surface area contributed by atoms with Crippen LogP contribution in [0.2, 0.25) is 5.02 Å². The maximum Gasteiger partial charge on any atom is 0.264 e. The van der Waals surface area contributed by atoms with Crippen LogP contribution < -0.4 is 10.2 Å². The summed E-state index contributed by atoms with van der Waals surface area (Å²) in [4.78, 5) is 30.0. The molecule has 1 aromatic carbocycles. The Morgan fingerprint density at radius 1 is 1.11 bits per heavy atom. The highest BCUT2D eigenvalue weighted by atomic mass is 35.5. The molecule has 1 aliphatic heterocycles. The summed E-state index contributed by atoms with van der Waals surface area (Å²) in [5.41, 5.74) is 1.43. The minimum absolute atomic E-state index is 0.0255. The van der Waals surface area contributed by atoms with Crippen molar-refractivity contribution in [3.63, 3.8) is 0 Å². The average molecular weight is 420 g/mol. The quantitative estimate of drug-likeness (QED) is 0.787. The Morgan fingerprint density at radius 2 is 1.75 bits per heavy atom. The number of rotatable bonds is 3. The zero-order chi connectivity index (χ0) is 20.5. The molecule has 2 amide bonds. The second-order valence-electron chi connectivity index (χ2n) is 8.06. The van der Waals surface area contributed by atoms with E-state index in [0.29, 0.717) is 18.0 Å². The van der Waals surface area contributed by atoms with Gasteiger partial charge in [-0.2, -0.15) is 0 Å². The molecule has 0 saturated carbocycles. The summed E-state index contributed by atoms with van der Waals surface area (Å²) in [6, 6.07) is 9.66. The van der Waals surface area contributed by atoms with Crippen molar-refractivity contribution in [2.24, 2.45) is 5.41 Å². The Hall–Kier alpha value is -2.05. The number of carbonyl (C=O) groups is 2. The predicted octanol–water partition coefficient (Wildman–Crippen LogP) is 4.66. The number of halogens is 1. The molecule has 1 fully saturated rings. The molecule has 150 valence electrons. The molecule has 1 aliphatic rings. The van der Waals surface area contributed by atoms with E-state index in [2.05, 4.69) is 10.2 Å². The molecular weight excluding hydrogens is 394 g/mol. The Labute approximate surface area is 175 Å². The van der Waals surface area contributed by atoms with E-state index in [4.69, 9.17) is 11.6 Å². The summed E-state index contributed by atoms with van der Waals surface area (Å²) >= 11 is 7.64. The van der Waals surface area contributed by atoms with E-state index in [1.54, 1.807) is 0 Å². The fraction of sp³-hybridized carbons (Fsp3) is 0.429. The molecule has 1 saturated heterocycles. The molecule has 0 unspecified atom stereocenters. The smallest absolute Gasteiger partial charge is 0.264 e. The second kappa shape index (κ2) is 8.13. The van der Waals surface area contributed by atoms with Crippen molar-refractivity contribution < 1.29 is 9.59 Å². The highest BCUT2D eigenvalue weighted by Gasteiger charge is 2.27. The van der Waals surface area contributed by atoms with Crippen molar-refractivity contribution in [2.75, 3.05) is 36.4 Å². The normalized spacial score (nSPS) is 14.9. The number of nitrogens with one attached hydrogen (secondary N) is 1. The van der Waals surface area contributed by atoms with Gasteiger partial charge < -0.3 is 15.1 Å². The van der Waals surface area contributed by atoms with Gasteiger partial charge in [-0.25, -0.2) is 0 Å². The maximum absolute atomic E-state index is 13.0. The summed E-state index contributed by atoms with van der Waals surface area (Å²) in [6.07, 6.45) is 0. The minimum Gasteiger partial charge on any atom is -0.367 e. The van der Waals surface area contributed by atoms with Gasteiger partial charge in [0.25, 0.3) is 5.91 Å². The van der Waals surface area contributed by atoms with E-state index in [1.807, 2.05) is 62.9 Å². The lowest BCUT2D eigenvalue weighted by Gasteiger charge is -2.36. The molecule has 7 heteroatoms. The van der Waals surface area contributed by atoms with Crippen molar-refractivity contribution in [1.82, 2.24) is 4.90 Å². The molecule has 1 aromatic heterocycles. The third-order valence-electron chi connectivity index (χ3n) is 4.79. The van der Waals surface area contributed by atoms with E-state index in [-0.39, 0.29) is 11.8 Å². The number of para-hydroxylation sites is 1. The van der Waals surface area contributed by atoms with Crippen LogP contribution in [-0.4, -0.2) is 42.9 Å². The Bertz CT molecular complexity index is 880. The first kappa shape index (κ1) is 20.7. The first-order valence-corrected chi connectivity index (χ1v) is 10.6. The van der Waals surface area contributed by atoms with E-state index in [0.717, 1.165) is 34.4 Å². The van der Waals surface area contributed by atoms with Crippen LogP contribution in [0.4, 0.5) is 10.7 Å². The zero-order valence-electron chi connectivity index (χ0n) is 16.7. The van der Waals surface area contributed by atoms with Crippen LogP contribution in [-0.2, 0) is 4.79 Å². The fourth-order valence-corrected chi connectivity index (χ4v) is 4.35. The molecule has 2 heterocycles. The molecule has 28 heavy (non-hydrogen) atoms. The Kier molecular flexibility index (Phi) is 6.01. The average Bonchev–Trinajstić information content (AvgIpc) is 3.01. The van der Waals surface area contributed by atoms with Gasteiger partial charge in [-0.3, -0.25) is 9.59 Å². The van der Waals surface area contributed by atoms with E-state index < -0.39 is 5.41 Å². The number of benzene rings is 1. The Morgan fingerprint density at radius 3 is 2.36 bits per heavy atom. The fourth-order valence-electron chi connectivity index (χ4n) is 3.06. The second-order valence-corrected chi connectivity index (χ2v) is 9.52. The molecule has 5 nitrogen and oxygen atoms in total. The number of amides is 2. The van der Waals surface area contributed by atoms with Gasteiger partial charge in [0.2, 0.25) is 5.91 Å². The lowest BCUT2D eigenvalue weighted by atomic mass is 9.96. The number of aryl methyl sites for hydroxylation is 1. The van der Waals surface area contributed by atoms with Crippen molar-refractivity contribution in [1.29, 1.82) is 0 Å². The predicted molar refractivity (Wildman–Crippen MR) is 117 cm³/mol. The number of thiophene rings is 1. The summed E-state index contributed by atoms with van der Waals surface area (Å²) in [7, 11) is 0. The molecular formula is C21H26ClN3O2S. The van der Waals surface area contributed by atoms with Crippen LogP contribution in [0.15, 0.2) is 30.3 Å². The third-order valence-corrected chi connectivity index (χ3v) is 6.25. The van der Waals surface area contributed by atoms with Gasteiger partial charge in [-0.1, -0.05) is 44.5 Å². The molecule has 0 bridgehead atoms. The van der Waals surface area contributed by atoms with Gasteiger partial charge >= 0.3 is 0 Å². The van der Waals surface area contributed by atoms with Crippen LogP contribution in [0, 0.1) is 12.3 Å². The van der Waals surface area contributed by atoms with Crippen molar-refractivity contribution in [2.45, 2.75) is 27.7 Å². The highest BCUT2D eigenvalue weighted by Crippen LogP contribution is 2.31. The van der Waals surface area contributed by atoms with Crippen molar-refractivity contribution in [3.8, 4) is 0 Å². The van der Waals surface area contributed by atoms with Gasteiger partial charge in [-0.15, -0.1) is 11.3 Å². The maximum atomic E-state index is 13.0. The van der Waals surface area contributed by atoms with Gasteiger partial charge in [-0.05, 0) is 30.7 Å². The topological polar surface area (TPSA) is 52.7 Å². The van der Waals surface area contributed by atoms with Gasteiger partial charge in [0, 0.05) is 31.6 Å². The highest BCUT2D eigenvalue weighted by molar-refractivity contribution is 7.18. The molecule has 0 spiro atoms. The van der Waals surface area contributed by atoms with E-state index >= 15 is 0 Å². The third kappa shape index (κ3) is 4.50. The number of carbonyl (C=O) groups excluding carboxylic acids is 2. The molecule has 0 radical (unpaired) electrons. The molecule has 0 aliphatic carbocycles. The monoisotopic (exact) mass is 419 g/mol. The zero-order valence-corrected chi connectivity index (χ0v) is 18.3. The first-order chi connectivity index (χ1) is 13.2. The minimum atomic E-state index is -0.475. The molecule has 1 N–H and O–H groups in total. The lowest BCUT2D eigenvalue weighted by molar-refractivity contribution is -0.123. The van der Waals surface area contributed by atoms with Crippen LogP contribution in [0.25, 0.3) is 0 Å². The van der Waals surface area contributed by atoms with Crippen LogP contribution in [0.1, 0.15) is 36.0 Å². The first-order valence-electron chi connectivity index (χ1n) is 9.37. The number of hydrogen-bond acceptors (Lipinski definition) is 4. The number of piperazine rings is 1. The summed E-state index contributed by atoms with van der Waals surface area (Å²) in [5.74, 6) is -0.0290. The van der Waals surface area contributed by atoms with E-state index in [9.17, 15) is 9.59 Å². The Balaban J connectivity index is 1.66. The van der Waals surface area contributed by atoms with Gasteiger partial charge in [0.05, 0.1) is 20.6 Å². The number of hydrogen-bond donors (Lipinski definition) is 1. The largest absolute Gasteiger partial charge is 0.367 e. The summed E-state index contributed by atoms with van der Waals surface area (Å²) in [6.45, 7) is 10.3. The van der Waals surface area contributed by atoms with Crippen LogP contribution >= 0.6 is 22.9 Å². The number of nitrogens with zero attached hydrogens (tertiary/aromatic N) is 2. The van der Waals surface area contributed by atoms with E-state index in [1.165, 1.54) is 11.3 Å². The molecule has 3 rings (SSSR count). The summed E-state index contributed by atoms with van der Waals surface area (Å²) in [5, 5.41) is 4.37. The molecule has 0 atom stereocenters. The molecule has 2 aromatic rings. The van der Waals surface area contributed by atoms with Gasteiger partial charge in [0.1, 0.15) is 0 Å². The van der Waals surface area contributed by atoms with Crippen LogP contribution in [0.3, 0.4) is 0 Å². The lowest BCUT2D eigenvalue weighted by Crippen LogP contribution is -2.48. The standard InChI is InChI=1S/C21H26ClN3O2S/c1-14-13-17(23-20(27)21(2,3)4)28-18(14)19(26)25-11-9-24(10-12-25)16-8-6-5-7-15(16)22/h5-8,13H,9-12H2,1-4H3,(H,23,27). The number of anilines is 2.